The summed E-state index contributed by atoms with van der Waals surface area (Å²) in [5.41, 5.74) is 1.21. The molecule has 3 aromatic rings. The Morgan fingerprint density at radius 2 is 1.60 bits per heavy atom. The predicted molar refractivity (Wildman–Crippen MR) is 121 cm³/mol. The van der Waals surface area contributed by atoms with Crippen LogP contribution in [0.2, 0.25) is 0 Å². The Morgan fingerprint density at radius 1 is 0.933 bits per heavy atom. The summed E-state index contributed by atoms with van der Waals surface area (Å²) >= 11 is 1.76. The van der Waals surface area contributed by atoms with Crippen LogP contribution in [-0.4, -0.2) is 17.5 Å². The molecule has 1 atom stereocenters. The van der Waals surface area contributed by atoms with E-state index in [0.717, 1.165) is 19.3 Å². The minimum absolute atomic E-state index is 0.208. The minimum Gasteiger partial charge on any atom is -0.312 e. The molecule has 0 fully saturated rings. The van der Waals surface area contributed by atoms with Crippen LogP contribution in [0.3, 0.4) is 0 Å². The van der Waals surface area contributed by atoms with Gasteiger partial charge in [-0.15, -0.1) is 11.3 Å². The molecular formula is C25H25NO3S. The summed E-state index contributed by atoms with van der Waals surface area (Å²) in [6, 6.07) is 21.8. The zero-order valence-electron chi connectivity index (χ0n) is 17.0. The number of Topliss-reactive ketones (excluding diaryl/α,β-unsaturated/α-hetero) is 1. The Hall–Kier alpha value is -3.05. The first kappa shape index (κ1) is 21.7. The first-order valence-corrected chi connectivity index (χ1v) is 11.0. The highest BCUT2D eigenvalue weighted by Gasteiger charge is 2.18. The SMILES string of the molecule is CCC(CCCC(=NOC(=O)c1ccccc1)C(=O)c1ccccc1)c1cccs1. The van der Waals surface area contributed by atoms with E-state index in [4.69, 9.17) is 4.84 Å². The fraction of sp³-hybridized carbons (Fsp3) is 0.240. The molecule has 0 amide bonds. The predicted octanol–water partition coefficient (Wildman–Crippen LogP) is 6.51. The zero-order chi connectivity index (χ0) is 21.2. The van der Waals surface area contributed by atoms with Crippen LogP contribution in [0.5, 0.6) is 0 Å². The molecule has 30 heavy (non-hydrogen) atoms. The summed E-state index contributed by atoms with van der Waals surface area (Å²) < 4.78 is 0. The van der Waals surface area contributed by atoms with Gasteiger partial charge in [-0.3, -0.25) is 4.79 Å². The van der Waals surface area contributed by atoms with E-state index < -0.39 is 5.97 Å². The van der Waals surface area contributed by atoms with Gasteiger partial charge in [0.15, 0.2) is 0 Å². The minimum atomic E-state index is -0.570. The van der Waals surface area contributed by atoms with E-state index >= 15 is 0 Å². The van der Waals surface area contributed by atoms with Crippen molar-refractivity contribution in [2.45, 2.75) is 38.5 Å². The quantitative estimate of drug-likeness (QED) is 0.163. The Balaban J connectivity index is 1.70. The number of hydrogen-bond donors (Lipinski definition) is 0. The molecule has 5 heteroatoms. The van der Waals surface area contributed by atoms with Crippen molar-refractivity contribution in [3.63, 3.8) is 0 Å². The monoisotopic (exact) mass is 419 g/mol. The van der Waals surface area contributed by atoms with Gasteiger partial charge in [0.1, 0.15) is 5.71 Å². The highest BCUT2D eigenvalue weighted by molar-refractivity contribution is 7.10. The molecular weight excluding hydrogens is 394 g/mol. The third kappa shape index (κ3) is 5.97. The average molecular weight is 420 g/mol. The summed E-state index contributed by atoms with van der Waals surface area (Å²) in [5.74, 6) is -0.315. The van der Waals surface area contributed by atoms with E-state index in [-0.39, 0.29) is 11.5 Å². The zero-order valence-corrected chi connectivity index (χ0v) is 17.8. The largest absolute Gasteiger partial charge is 0.365 e. The first-order valence-electron chi connectivity index (χ1n) is 10.2. The van der Waals surface area contributed by atoms with E-state index in [2.05, 4.69) is 29.6 Å². The second-order valence-corrected chi connectivity index (χ2v) is 7.97. The van der Waals surface area contributed by atoms with Crippen molar-refractivity contribution in [1.82, 2.24) is 0 Å². The van der Waals surface area contributed by atoms with Gasteiger partial charge in [-0.05, 0) is 55.2 Å². The van der Waals surface area contributed by atoms with Gasteiger partial charge in [0.05, 0.1) is 5.56 Å². The van der Waals surface area contributed by atoms with Crippen molar-refractivity contribution >= 4 is 28.8 Å². The number of hydrogen-bond acceptors (Lipinski definition) is 5. The molecule has 1 unspecified atom stereocenters. The lowest BCUT2D eigenvalue weighted by atomic mass is 9.95. The van der Waals surface area contributed by atoms with Crippen molar-refractivity contribution in [3.8, 4) is 0 Å². The number of ketones is 1. The van der Waals surface area contributed by atoms with Crippen molar-refractivity contribution in [3.05, 3.63) is 94.2 Å². The number of oxime groups is 1. The summed E-state index contributed by atoms with van der Waals surface area (Å²) in [6.07, 6.45) is 3.24. The highest BCUT2D eigenvalue weighted by Crippen LogP contribution is 2.29. The van der Waals surface area contributed by atoms with Crippen LogP contribution in [0.1, 0.15) is 64.1 Å². The second-order valence-electron chi connectivity index (χ2n) is 6.99. The molecule has 3 rings (SSSR count). The van der Waals surface area contributed by atoms with Crippen LogP contribution in [-0.2, 0) is 4.84 Å². The summed E-state index contributed by atoms with van der Waals surface area (Å²) in [6.45, 7) is 2.18. The normalized spacial score (nSPS) is 12.4. The number of benzene rings is 2. The molecule has 0 saturated carbocycles. The number of thiophene rings is 1. The van der Waals surface area contributed by atoms with Crippen molar-refractivity contribution in [2.75, 3.05) is 0 Å². The lowest BCUT2D eigenvalue weighted by molar-refractivity contribution is 0.0514. The Labute approximate surface area is 181 Å². The molecule has 0 aliphatic carbocycles. The molecule has 4 nitrogen and oxygen atoms in total. The lowest BCUT2D eigenvalue weighted by Gasteiger charge is -2.13. The van der Waals surface area contributed by atoms with Crippen LogP contribution in [0.25, 0.3) is 0 Å². The van der Waals surface area contributed by atoms with Gasteiger partial charge in [-0.25, -0.2) is 4.79 Å². The van der Waals surface area contributed by atoms with E-state index in [1.807, 2.05) is 24.3 Å². The van der Waals surface area contributed by atoms with Crippen molar-refractivity contribution in [1.29, 1.82) is 0 Å². The van der Waals surface area contributed by atoms with Gasteiger partial charge in [-0.1, -0.05) is 66.7 Å². The standard InChI is InChI=1S/C25H25NO3S/c1-2-19(23-17-10-18-30-23)15-9-16-22(24(27)20-11-5-3-6-12-20)26-29-25(28)21-13-7-4-8-14-21/h3-8,10-14,17-19H,2,9,15-16H2,1H3. The van der Waals surface area contributed by atoms with Gasteiger partial charge in [0.2, 0.25) is 5.78 Å². The molecule has 0 N–H and O–H groups in total. The van der Waals surface area contributed by atoms with Crippen LogP contribution >= 0.6 is 11.3 Å². The van der Waals surface area contributed by atoms with Crippen molar-refractivity contribution in [2.24, 2.45) is 5.16 Å². The van der Waals surface area contributed by atoms with E-state index in [1.54, 1.807) is 47.7 Å². The number of nitrogens with zero attached hydrogens (tertiary/aromatic N) is 1. The molecule has 0 saturated heterocycles. The fourth-order valence-corrected chi connectivity index (χ4v) is 4.22. The van der Waals surface area contributed by atoms with Gasteiger partial charge in [0, 0.05) is 10.4 Å². The maximum absolute atomic E-state index is 12.9. The second kappa shape index (κ2) is 11.2. The molecule has 154 valence electrons. The van der Waals surface area contributed by atoms with Gasteiger partial charge in [0.25, 0.3) is 0 Å². The fourth-order valence-electron chi connectivity index (χ4n) is 3.27. The first-order chi connectivity index (χ1) is 14.7. The smallest absolute Gasteiger partial charge is 0.312 e. The summed E-state index contributed by atoms with van der Waals surface area (Å²) in [4.78, 5) is 31.7. The number of carbonyl (C=O) groups is 2. The van der Waals surface area contributed by atoms with Crippen LogP contribution in [0, 0.1) is 0 Å². The van der Waals surface area contributed by atoms with Crippen LogP contribution in [0.15, 0.2) is 83.3 Å². The molecule has 0 bridgehead atoms. The molecule has 1 aromatic heterocycles. The van der Waals surface area contributed by atoms with E-state index in [9.17, 15) is 9.59 Å². The Bertz CT molecular complexity index is 966. The molecule has 0 aliphatic heterocycles. The van der Waals surface area contributed by atoms with Gasteiger partial charge < -0.3 is 4.84 Å². The number of rotatable bonds is 10. The third-order valence-electron chi connectivity index (χ3n) is 4.95. The highest BCUT2D eigenvalue weighted by atomic mass is 32.1. The topological polar surface area (TPSA) is 55.7 Å². The maximum atomic E-state index is 12.9. The number of carbonyl (C=O) groups excluding carboxylic acids is 2. The maximum Gasteiger partial charge on any atom is 0.365 e. The van der Waals surface area contributed by atoms with E-state index in [0.29, 0.717) is 23.5 Å². The molecule has 0 spiro atoms. The Kier molecular flexibility index (Phi) is 8.10. The summed E-state index contributed by atoms with van der Waals surface area (Å²) in [5, 5.41) is 6.07. The Morgan fingerprint density at radius 3 is 2.20 bits per heavy atom. The van der Waals surface area contributed by atoms with Crippen LogP contribution < -0.4 is 0 Å². The molecule has 2 aromatic carbocycles. The van der Waals surface area contributed by atoms with Gasteiger partial charge >= 0.3 is 5.97 Å². The van der Waals surface area contributed by atoms with Gasteiger partial charge in [-0.2, -0.15) is 0 Å². The summed E-state index contributed by atoms with van der Waals surface area (Å²) in [7, 11) is 0. The molecule has 0 aliphatic rings. The van der Waals surface area contributed by atoms with Crippen LogP contribution in [0.4, 0.5) is 0 Å². The lowest BCUT2D eigenvalue weighted by Crippen LogP contribution is -2.16. The molecule has 1 heterocycles. The average Bonchev–Trinajstić information content (AvgIpc) is 3.34. The van der Waals surface area contributed by atoms with E-state index in [1.165, 1.54) is 4.88 Å². The molecule has 0 radical (unpaired) electrons. The third-order valence-corrected chi connectivity index (χ3v) is 5.99. The van der Waals surface area contributed by atoms with Crippen molar-refractivity contribution < 1.29 is 14.4 Å².